The van der Waals surface area contributed by atoms with Gasteiger partial charge in [-0.15, -0.1) is 0 Å². The van der Waals surface area contributed by atoms with Crippen LogP contribution >= 0.6 is 11.6 Å². The number of nitrogens with zero attached hydrogens (tertiary/aromatic N) is 1. The van der Waals surface area contributed by atoms with E-state index in [0.717, 1.165) is 12.8 Å². The van der Waals surface area contributed by atoms with Crippen molar-refractivity contribution in [3.8, 4) is 0 Å². The van der Waals surface area contributed by atoms with Crippen molar-refractivity contribution in [3.05, 3.63) is 29.0 Å². The maximum atomic E-state index is 13.5. The molecule has 2 aliphatic rings. The molecule has 3 rings (SSSR count). The molecule has 6 heteroatoms. The predicted octanol–water partition coefficient (Wildman–Crippen LogP) is 2.64. The van der Waals surface area contributed by atoms with Crippen LogP contribution in [0.5, 0.6) is 0 Å². The van der Waals surface area contributed by atoms with Crippen molar-refractivity contribution in [2.24, 2.45) is 0 Å². The monoisotopic (exact) mass is 310 g/mol. The zero-order chi connectivity index (χ0) is 15.0. The van der Waals surface area contributed by atoms with Gasteiger partial charge in [-0.1, -0.05) is 24.4 Å². The van der Waals surface area contributed by atoms with E-state index in [2.05, 4.69) is 5.32 Å². The molecule has 21 heavy (non-hydrogen) atoms. The molecule has 1 saturated carbocycles. The van der Waals surface area contributed by atoms with E-state index in [4.69, 9.17) is 11.6 Å². The quantitative estimate of drug-likeness (QED) is 0.867. The van der Waals surface area contributed by atoms with Crippen LogP contribution in [0.3, 0.4) is 0 Å². The SMILES string of the molecule is O=C1CCN(c2cc(F)ccc2Cl)C(=O)C2(CCCC2)N1. The van der Waals surface area contributed by atoms with Gasteiger partial charge in [-0.3, -0.25) is 9.59 Å². The summed E-state index contributed by atoms with van der Waals surface area (Å²) in [6, 6.07) is 3.93. The van der Waals surface area contributed by atoms with Crippen LogP contribution in [0.15, 0.2) is 18.2 Å². The molecular formula is C15H16ClFN2O2. The standard InChI is InChI=1S/C15H16ClFN2O2/c16-11-4-3-10(17)9-12(11)19-8-5-13(20)18-15(14(19)21)6-1-2-7-15/h3-4,9H,1-2,5-8H2,(H,18,20). The Morgan fingerprint density at radius 2 is 1.95 bits per heavy atom. The fourth-order valence-electron chi connectivity index (χ4n) is 3.20. The van der Waals surface area contributed by atoms with Crippen molar-refractivity contribution in [2.45, 2.75) is 37.6 Å². The Morgan fingerprint density at radius 1 is 1.24 bits per heavy atom. The molecule has 4 nitrogen and oxygen atoms in total. The molecule has 1 aromatic carbocycles. The molecule has 1 spiro atoms. The Bertz CT molecular complexity index is 599. The normalized spacial score (nSPS) is 21.5. The van der Waals surface area contributed by atoms with Crippen LogP contribution in [-0.2, 0) is 9.59 Å². The van der Waals surface area contributed by atoms with Gasteiger partial charge in [0.1, 0.15) is 11.4 Å². The third kappa shape index (κ3) is 2.50. The Hall–Kier alpha value is -1.62. The van der Waals surface area contributed by atoms with Gasteiger partial charge >= 0.3 is 0 Å². The van der Waals surface area contributed by atoms with Gasteiger partial charge < -0.3 is 10.2 Å². The summed E-state index contributed by atoms with van der Waals surface area (Å²) < 4.78 is 13.5. The minimum Gasteiger partial charge on any atom is -0.342 e. The van der Waals surface area contributed by atoms with Gasteiger partial charge in [0, 0.05) is 13.0 Å². The average Bonchev–Trinajstić information content (AvgIpc) is 2.87. The first-order chi connectivity index (χ1) is 10.0. The predicted molar refractivity (Wildman–Crippen MR) is 77.7 cm³/mol. The molecule has 1 aliphatic carbocycles. The van der Waals surface area contributed by atoms with E-state index in [0.29, 0.717) is 23.6 Å². The fraction of sp³-hybridized carbons (Fsp3) is 0.467. The Kier molecular flexibility index (Phi) is 3.61. The van der Waals surface area contributed by atoms with Gasteiger partial charge in [-0.25, -0.2) is 4.39 Å². The van der Waals surface area contributed by atoms with E-state index in [1.165, 1.54) is 23.1 Å². The Morgan fingerprint density at radius 3 is 2.67 bits per heavy atom. The van der Waals surface area contributed by atoms with Crippen LogP contribution in [0.1, 0.15) is 32.1 Å². The second-order valence-corrected chi connectivity index (χ2v) is 6.05. The number of halogens is 2. The lowest BCUT2D eigenvalue weighted by atomic mass is 9.95. The maximum absolute atomic E-state index is 13.5. The maximum Gasteiger partial charge on any atom is 0.252 e. The van der Waals surface area contributed by atoms with Crippen molar-refractivity contribution in [1.29, 1.82) is 0 Å². The van der Waals surface area contributed by atoms with Crippen molar-refractivity contribution in [2.75, 3.05) is 11.4 Å². The number of benzene rings is 1. The van der Waals surface area contributed by atoms with E-state index in [1.54, 1.807) is 0 Å². The lowest BCUT2D eigenvalue weighted by molar-refractivity contribution is -0.129. The molecule has 2 amide bonds. The number of rotatable bonds is 1. The fourth-order valence-corrected chi connectivity index (χ4v) is 3.42. The molecule has 112 valence electrons. The first-order valence-electron chi connectivity index (χ1n) is 7.10. The largest absolute Gasteiger partial charge is 0.342 e. The third-order valence-corrected chi connectivity index (χ3v) is 4.57. The highest BCUT2D eigenvalue weighted by Gasteiger charge is 2.47. The van der Waals surface area contributed by atoms with Crippen molar-refractivity contribution >= 4 is 29.1 Å². The summed E-state index contributed by atoms with van der Waals surface area (Å²) in [5.74, 6) is -0.773. The van der Waals surface area contributed by atoms with Crippen LogP contribution < -0.4 is 10.2 Å². The number of carbonyl (C=O) groups excluding carboxylic acids is 2. The van der Waals surface area contributed by atoms with Gasteiger partial charge in [0.2, 0.25) is 5.91 Å². The molecule has 0 unspecified atom stereocenters. The number of amides is 2. The number of nitrogens with one attached hydrogen (secondary N) is 1. The van der Waals surface area contributed by atoms with E-state index in [9.17, 15) is 14.0 Å². The molecule has 0 bridgehead atoms. The van der Waals surface area contributed by atoms with Gasteiger partial charge in [0.05, 0.1) is 10.7 Å². The first kappa shape index (κ1) is 14.3. The van der Waals surface area contributed by atoms with Crippen LogP contribution in [-0.4, -0.2) is 23.9 Å². The zero-order valence-corrected chi connectivity index (χ0v) is 12.3. The summed E-state index contributed by atoms with van der Waals surface area (Å²) >= 11 is 6.11. The molecule has 1 aliphatic heterocycles. The van der Waals surface area contributed by atoms with Crippen LogP contribution in [0.4, 0.5) is 10.1 Å². The summed E-state index contributed by atoms with van der Waals surface area (Å²) in [4.78, 5) is 26.3. The van der Waals surface area contributed by atoms with Crippen LogP contribution in [0.2, 0.25) is 5.02 Å². The molecule has 1 heterocycles. The van der Waals surface area contributed by atoms with Crippen molar-refractivity contribution in [1.82, 2.24) is 5.32 Å². The molecule has 1 N–H and O–H groups in total. The first-order valence-corrected chi connectivity index (χ1v) is 7.48. The zero-order valence-electron chi connectivity index (χ0n) is 11.5. The van der Waals surface area contributed by atoms with Crippen molar-refractivity contribution in [3.63, 3.8) is 0 Å². The van der Waals surface area contributed by atoms with Gasteiger partial charge in [-0.05, 0) is 31.0 Å². The summed E-state index contributed by atoms with van der Waals surface area (Å²) in [5.41, 5.74) is -0.507. The number of anilines is 1. The second kappa shape index (κ2) is 5.30. The lowest BCUT2D eigenvalue weighted by Gasteiger charge is -2.32. The number of hydrogen-bond acceptors (Lipinski definition) is 2. The highest BCUT2D eigenvalue weighted by atomic mass is 35.5. The molecule has 1 saturated heterocycles. The summed E-state index contributed by atoms with van der Waals surface area (Å²) in [6.45, 7) is 0.218. The summed E-state index contributed by atoms with van der Waals surface area (Å²) in [7, 11) is 0. The van der Waals surface area contributed by atoms with Gasteiger partial charge in [0.25, 0.3) is 5.91 Å². The smallest absolute Gasteiger partial charge is 0.252 e. The third-order valence-electron chi connectivity index (χ3n) is 4.25. The molecular weight excluding hydrogens is 295 g/mol. The Labute approximate surface area is 127 Å². The number of carbonyl (C=O) groups is 2. The molecule has 1 aromatic rings. The van der Waals surface area contributed by atoms with Crippen LogP contribution in [0, 0.1) is 5.82 Å². The number of hydrogen-bond donors (Lipinski definition) is 1. The minimum absolute atomic E-state index is 0.139. The molecule has 0 radical (unpaired) electrons. The van der Waals surface area contributed by atoms with E-state index >= 15 is 0 Å². The lowest BCUT2D eigenvalue weighted by Crippen LogP contribution is -2.55. The minimum atomic E-state index is -0.844. The Balaban J connectivity index is 2.02. The summed E-state index contributed by atoms with van der Waals surface area (Å²) in [5, 5.41) is 3.18. The highest BCUT2D eigenvalue weighted by Crippen LogP contribution is 2.36. The van der Waals surface area contributed by atoms with Gasteiger partial charge in [-0.2, -0.15) is 0 Å². The average molecular weight is 311 g/mol. The highest BCUT2D eigenvalue weighted by molar-refractivity contribution is 6.34. The van der Waals surface area contributed by atoms with Crippen LogP contribution in [0.25, 0.3) is 0 Å². The second-order valence-electron chi connectivity index (χ2n) is 5.64. The van der Waals surface area contributed by atoms with Crippen molar-refractivity contribution < 1.29 is 14.0 Å². The topological polar surface area (TPSA) is 49.4 Å². The summed E-state index contributed by atoms with van der Waals surface area (Å²) in [6.07, 6.45) is 3.25. The van der Waals surface area contributed by atoms with E-state index in [-0.39, 0.29) is 24.8 Å². The molecule has 0 atom stereocenters. The van der Waals surface area contributed by atoms with Gasteiger partial charge in [0.15, 0.2) is 0 Å². The van der Waals surface area contributed by atoms with E-state index < -0.39 is 11.4 Å². The van der Waals surface area contributed by atoms with E-state index in [1.807, 2.05) is 0 Å². The molecule has 2 fully saturated rings. The molecule has 0 aromatic heterocycles.